The first-order valence-corrected chi connectivity index (χ1v) is 11.3. The molecule has 0 saturated heterocycles. The van der Waals surface area contributed by atoms with Gasteiger partial charge in [0.1, 0.15) is 18.7 Å². The lowest BCUT2D eigenvalue weighted by atomic mass is 9.89. The molecule has 3 rings (SSSR count). The maximum absolute atomic E-state index is 10.9. The second-order valence-corrected chi connectivity index (χ2v) is 8.90. The van der Waals surface area contributed by atoms with Gasteiger partial charge in [-0.1, -0.05) is 61.8 Å². The Morgan fingerprint density at radius 2 is 2.03 bits per heavy atom. The van der Waals surface area contributed by atoms with Crippen molar-refractivity contribution < 1.29 is 0 Å². The molecule has 0 spiro atoms. The molecule has 0 saturated carbocycles. The van der Waals surface area contributed by atoms with Gasteiger partial charge < -0.3 is 11.1 Å². The minimum Gasteiger partial charge on any atom is -0.398 e. The summed E-state index contributed by atoms with van der Waals surface area (Å²) in [6.07, 6.45) is 9.85. The minimum atomic E-state index is -0.329. The van der Waals surface area contributed by atoms with E-state index in [2.05, 4.69) is 65.6 Å². The Labute approximate surface area is 182 Å². The maximum atomic E-state index is 10.9. The number of nitrogens with zero attached hydrogens (tertiary/aromatic N) is 4. The predicted molar refractivity (Wildman–Crippen MR) is 124 cm³/mol. The summed E-state index contributed by atoms with van der Waals surface area (Å²) in [5.74, 6) is 0.493. The van der Waals surface area contributed by atoms with Crippen LogP contribution in [0.5, 0.6) is 0 Å². The lowest BCUT2D eigenvalue weighted by Gasteiger charge is -2.26. The van der Waals surface area contributed by atoms with Crippen LogP contribution in [0.15, 0.2) is 64.9 Å². The zero-order valence-electron chi connectivity index (χ0n) is 17.7. The van der Waals surface area contributed by atoms with Crippen molar-refractivity contribution in [2.75, 3.05) is 5.32 Å². The van der Waals surface area contributed by atoms with E-state index < -0.39 is 0 Å². The van der Waals surface area contributed by atoms with Gasteiger partial charge in [0, 0.05) is 16.3 Å². The van der Waals surface area contributed by atoms with E-state index in [-0.39, 0.29) is 17.5 Å². The molecule has 160 valence electrons. The lowest BCUT2D eigenvalue weighted by molar-refractivity contribution is 0.332. The lowest BCUT2D eigenvalue weighted by Crippen LogP contribution is -2.21. The summed E-state index contributed by atoms with van der Waals surface area (Å²) in [5.41, 5.74) is 9.05. The van der Waals surface area contributed by atoms with Gasteiger partial charge in [0.15, 0.2) is 0 Å². The molecule has 1 aliphatic carbocycles. The van der Waals surface area contributed by atoms with Crippen LogP contribution in [0.4, 0.5) is 5.69 Å². The fourth-order valence-electron chi connectivity index (χ4n) is 3.84. The van der Waals surface area contributed by atoms with Crippen molar-refractivity contribution >= 4 is 17.4 Å². The Kier molecular flexibility index (Phi) is 7.68. The third kappa shape index (κ3) is 5.30. The van der Waals surface area contributed by atoms with Crippen LogP contribution >= 0.6 is 11.8 Å². The summed E-state index contributed by atoms with van der Waals surface area (Å²) in [5, 5.41) is 11.1. The second-order valence-electron chi connectivity index (χ2n) is 7.52. The number of hydrogen-bond donors (Lipinski definition) is 2. The standard InChI is InChI=1S/C22H30N6OS/c1-4-16(5-2)22(28-14-24-13-25-28)17-6-8-18(9-7-17)26-15(3)30-21-12-19(27-29)10-11-20(21)23/h6-9,11-16,19,22,26H,4-5,10,23H2,1-3H3. The van der Waals surface area contributed by atoms with E-state index in [0.717, 1.165) is 23.4 Å². The molecule has 7 nitrogen and oxygen atoms in total. The van der Waals surface area contributed by atoms with Crippen LogP contribution in [0.2, 0.25) is 0 Å². The molecule has 0 bridgehead atoms. The van der Waals surface area contributed by atoms with Crippen molar-refractivity contribution in [1.82, 2.24) is 14.8 Å². The van der Waals surface area contributed by atoms with Crippen LogP contribution in [0.1, 0.15) is 51.6 Å². The number of benzene rings is 1. The average molecular weight is 427 g/mol. The summed E-state index contributed by atoms with van der Waals surface area (Å²) < 4.78 is 1.96. The van der Waals surface area contributed by atoms with Gasteiger partial charge in [0.25, 0.3) is 0 Å². The van der Waals surface area contributed by atoms with Gasteiger partial charge in [-0.25, -0.2) is 9.67 Å². The van der Waals surface area contributed by atoms with Crippen LogP contribution in [0.3, 0.4) is 0 Å². The van der Waals surface area contributed by atoms with E-state index in [1.54, 1.807) is 24.4 Å². The minimum absolute atomic E-state index is 0.0876. The number of nitrogens with one attached hydrogen (secondary N) is 1. The molecule has 1 aromatic carbocycles. The Bertz CT molecular complexity index is 874. The molecule has 1 heterocycles. The van der Waals surface area contributed by atoms with E-state index in [9.17, 15) is 4.91 Å². The fraction of sp³-hybridized carbons (Fsp3) is 0.455. The van der Waals surface area contributed by atoms with Crippen LogP contribution in [-0.4, -0.2) is 26.2 Å². The number of thioether (sulfide) groups is 1. The highest BCUT2D eigenvalue weighted by atomic mass is 32.2. The van der Waals surface area contributed by atoms with E-state index in [0.29, 0.717) is 18.0 Å². The van der Waals surface area contributed by atoms with Gasteiger partial charge in [-0.3, -0.25) is 0 Å². The van der Waals surface area contributed by atoms with Gasteiger partial charge >= 0.3 is 0 Å². The molecule has 1 aliphatic rings. The average Bonchev–Trinajstić information content (AvgIpc) is 3.28. The summed E-state index contributed by atoms with van der Waals surface area (Å²) in [6.45, 7) is 6.52. The zero-order valence-corrected chi connectivity index (χ0v) is 18.5. The number of hydrogen-bond acceptors (Lipinski definition) is 7. The topological polar surface area (TPSA) is 98.2 Å². The molecule has 30 heavy (non-hydrogen) atoms. The number of aromatic nitrogens is 3. The molecule has 3 atom stereocenters. The fourth-order valence-corrected chi connectivity index (χ4v) is 4.87. The first-order chi connectivity index (χ1) is 14.5. The quantitative estimate of drug-likeness (QED) is 0.407. The van der Waals surface area contributed by atoms with E-state index in [4.69, 9.17) is 5.73 Å². The van der Waals surface area contributed by atoms with E-state index in [1.165, 1.54) is 5.56 Å². The molecule has 0 fully saturated rings. The smallest absolute Gasteiger partial charge is 0.137 e. The second kappa shape index (κ2) is 10.4. The predicted octanol–water partition coefficient (Wildman–Crippen LogP) is 5.06. The number of nitrogens with two attached hydrogens (primary N) is 1. The van der Waals surface area contributed by atoms with Gasteiger partial charge in [-0.2, -0.15) is 10.0 Å². The Hall–Kier alpha value is -2.61. The van der Waals surface area contributed by atoms with Gasteiger partial charge in [0.05, 0.1) is 11.4 Å². The van der Waals surface area contributed by atoms with Crippen molar-refractivity contribution in [3.05, 3.63) is 70.1 Å². The van der Waals surface area contributed by atoms with E-state index in [1.807, 2.05) is 16.8 Å². The van der Waals surface area contributed by atoms with Crippen molar-refractivity contribution in [3.8, 4) is 0 Å². The van der Waals surface area contributed by atoms with Crippen LogP contribution in [-0.2, 0) is 0 Å². The highest BCUT2D eigenvalue weighted by molar-refractivity contribution is 8.04. The van der Waals surface area contributed by atoms with Gasteiger partial charge in [0.2, 0.25) is 0 Å². The van der Waals surface area contributed by atoms with Gasteiger partial charge in [-0.05, 0) is 43.0 Å². The zero-order chi connectivity index (χ0) is 21.5. The molecule has 0 amide bonds. The molecule has 3 unspecified atom stereocenters. The van der Waals surface area contributed by atoms with Crippen LogP contribution in [0, 0.1) is 10.8 Å². The molecular formula is C22H30N6OS. The van der Waals surface area contributed by atoms with Gasteiger partial charge in [-0.15, -0.1) is 0 Å². The summed E-state index contributed by atoms with van der Waals surface area (Å²) in [7, 11) is 0. The van der Waals surface area contributed by atoms with Crippen LogP contribution < -0.4 is 11.1 Å². The highest BCUT2D eigenvalue weighted by Gasteiger charge is 2.23. The van der Waals surface area contributed by atoms with Crippen molar-refractivity contribution in [3.63, 3.8) is 0 Å². The SMILES string of the molecule is CCC(CC)C(c1ccc(NC(C)SC2=CC(N=O)CC=C2N)cc1)n1cncn1. The first kappa shape index (κ1) is 22.1. The number of nitroso groups, excluding NO2 is 1. The first-order valence-electron chi connectivity index (χ1n) is 10.4. The molecular weight excluding hydrogens is 396 g/mol. The summed E-state index contributed by atoms with van der Waals surface area (Å²) in [6, 6.07) is 8.36. The third-order valence-corrected chi connectivity index (χ3v) is 6.58. The molecule has 3 N–H and O–H groups in total. The molecule has 2 aromatic rings. The molecule has 8 heteroatoms. The van der Waals surface area contributed by atoms with Crippen molar-refractivity contribution in [2.24, 2.45) is 16.8 Å². The van der Waals surface area contributed by atoms with Crippen molar-refractivity contribution in [1.29, 1.82) is 0 Å². The van der Waals surface area contributed by atoms with Crippen LogP contribution in [0.25, 0.3) is 0 Å². The highest BCUT2D eigenvalue weighted by Crippen LogP contribution is 2.33. The summed E-state index contributed by atoms with van der Waals surface area (Å²) in [4.78, 5) is 15.9. The largest absolute Gasteiger partial charge is 0.398 e. The van der Waals surface area contributed by atoms with Crippen molar-refractivity contribution in [2.45, 2.75) is 57.5 Å². The number of anilines is 1. The number of rotatable bonds is 10. The Morgan fingerprint density at radius 1 is 1.30 bits per heavy atom. The molecule has 0 radical (unpaired) electrons. The van der Waals surface area contributed by atoms with E-state index >= 15 is 0 Å². The Morgan fingerprint density at radius 3 is 2.63 bits per heavy atom. The molecule has 0 aliphatic heterocycles. The molecule has 1 aromatic heterocycles. The Balaban J connectivity index is 1.69. The maximum Gasteiger partial charge on any atom is 0.137 e. The third-order valence-electron chi connectivity index (χ3n) is 5.49. The normalized spacial score (nSPS) is 18.5. The monoisotopic (exact) mass is 426 g/mol. The summed E-state index contributed by atoms with van der Waals surface area (Å²) >= 11 is 1.60.